The lowest BCUT2D eigenvalue weighted by Crippen LogP contribution is -2.54. The number of nitrogens with one attached hydrogen (secondary N) is 1. The van der Waals surface area contributed by atoms with Crippen LogP contribution >= 0.6 is 0 Å². The second kappa shape index (κ2) is 17.5. The lowest BCUT2D eigenvalue weighted by molar-refractivity contribution is -0.136. The van der Waals surface area contributed by atoms with Gasteiger partial charge in [0.05, 0.1) is 22.6 Å². The van der Waals surface area contributed by atoms with Crippen molar-refractivity contribution in [3.05, 3.63) is 90.3 Å². The topological polar surface area (TPSA) is 172 Å². The summed E-state index contributed by atoms with van der Waals surface area (Å²) in [7, 11) is 0. The van der Waals surface area contributed by atoms with Crippen LogP contribution in [0.3, 0.4) is 0 Å². The molecule has 3 N–H and O–H groups in total. The average Bonchev–Trinajstić information content (AvgIpc) is 3.82. The van der Waals surface area contributed by atoms with Gasteiger partial charge in [-0.15, -0.1) is 0 Å². The van der Waals surface area contributed by atoms with Crippen LogP contribution in [0.4, 0.5) is 11.5 Å². The predicted molar refractivity (Wildman–Crippen MR) is 238 cm³/mol. The van der Waals surface area contributed by atoms with Crippen molar-refractivity contribution in [2.45, 2.75) is 69.9 Å². The minimum Gasteiger partial charge on any atom is -0.457 e. The van der Waals surface area contributed by atoms with Gasteiger partial charge in [-0.05, 0) is 144 Å². The van der Waals surface area contributed by atoms with Gasteiger partial charge < -0.3 is 25.2 Å². The SMILES string of the molecule is Nc1ncnc2c1c(-c1ccc(Oc3ccccc3)cc1)nn2C1CCCN(CC2CCN(CCC3CCN(c4ccc5c(c4)C(=O)N(C4CCC(=O)NC4=O)C5=O)CC3)CC2)C1. The van der Waals surface area contributed by atoms with Gasteiger partial charge in [0.15, 0.2) is 5.65 Å². The van der Waals surface area contributed by atoms with E-state index in [1.807, 2.05) is 60.7 Å². The van der Waals surface area contributed by atoms with E-state index in [0.717, 1.165) is 122 Å². The first-order chi connectivity index (χ1) is 30.8. The molecule has 15 heteroatoms. The molecule has 0 saturated carbocycles. The Labute approximate surface area is 366 Å². The number of benzene rings is 3. The van der Waals surface area contributed by atoms with E-state index in [-0.39, 0.29) is 24.8 Å². The second-order valence-corrected chi connectivity index (χ2v) is 17.9. The Bertz CT molecular complexity index is 2510. The molecule has 10 rings (SSSR count). The molecule has 0 spiro atoms. The Morgan fingerprint density at radius 1 is 0.746 bits per heavy atom. The zero-order valence-corrected chi connectivity index (χ0v) is 35.5. The molecule has 4 fully saturated rings. The Balaban J connectivity index is 0.691. The maximum atomic E-state index is 13.4. The van der Waals surface area contributed by atoms with Crippen LogP contribution in [0.15, 0.2) is 79.1 Å². The second-order valence-electron chi connectivity index (χ2n) is 17.9. The van der Waals surface area contributed by atoms with Crippen molar-refractivity contribution in [3.8, 4) is 22.8 Å². The lowest BCUT2D eigenvalue weighted by atomic mass is 9.91. The molecule has 4 saturated heterocycles. The Morgan fingerprint density at radius 3 is 2.27 bits per heavy atom. The van der Waals surface area contributed by atoms with E-state index in [4.69, 9.17) is 20.6 Å². The molecular formula is C48H54N10O5. The number of para-hydroxylation sites is 1. The van der Waals surface area contributed by atoms with Crippen LogP contribution in [0, 0.1) is 11.8 Å². The number of amides is 4. The summed E-state index contributed by atoms with van der Waals surface area (Å²) in [5.41, 5.74) is 10.6. The van der Waals surface area contributed by atoms with Crippen molar-refractivity contribution in [2.24, 2.45) is 11.8 Å². The third-order valence-electron chi connectivity index (χ3n) is 13.9. The molecule has 2 atom stereocenters. The van der Waals surface area contributed by atoms with E-state index >= 15 is 0 Å². The van der Waals surface area contributed by atoms with Crippen molar-refractivity contribution in [2.75, 3.05) is 63.0 Å². The van der Waals surface area contributed by atoms with Gasteiger partial charge in [0, 0.05) is 43.9 Å². The van der Waals surface area contributed by atoms with E-state index in [9.17, 15) is 19.2 Å². The van der Waals surface area contributed by atoms with Crippen LogP contribution in [0.25, 0.3) is 22.3 Å². The minimum atomic E-state index is -0.956. The van der Waals surface area contributed by atoms with Gasteiger partial charge in [0.25, 0.3) is 11.8 Å². The van der Waals surface area contributed by atoms with Crippen molar-refractivity contribution in [3.63, 3.8) is 0 Å². The number of nitrogen functional groups attached to an aromatic ring is 1. The monoisotopic (exact) mass is 850 g/mol. The van der Waals surface area contributed by atoms with E-state index < -0.39 is 23.8 Å². The fourth-order valence-electron chi connectivity index (χ4n) is 10.4. The molecule has 2 aromatic heterocycles. The number of hydrogen-bond acceptors (Lipinski definition) is 12. The zero-order chi connectivity index (χ0) is 43.0. The number of hydrogen-bond donors (Lipinski definition) is 2. The molecule has 326 valence electrons. The summed E-state index contributed by atoms with van der Waals surface area (Å²) >= 11 is 0. The fourth-order valence-corrected chi connectivity index (χ4v) is 10.4. The van der Waals surface area contributed by atoms with Gasteiger partial charge in [-0.25, -0.2) is 14.6 Å². The molecule has 0 aliphatic carbocycles. The number of piperidine rings is 4. The van der Waals surface area contributed by atoms with Crippen LogP contribution in [0.2, 0.25) is 0 Å². The van der Waals surface area contributed by atoms with Crippen molar-refractivity contribution < 1.29 is 23.9 Å². The first kappa shape index (κ1) is 40.9. The Morgan fingerprint density at radius 2 is 1.49 bits per heavy atom. The Kier molecular flexibility index (Phi) is 11.4. The number of nitrogens with two attached hydrogens (primary N) is 1. The summed E-state index contributed by atoms with van der Waals surface area (Å²) in [6.45, 7) is 8.33. The van der Waals surface area contributed by atoms with Gasteiger partial charge in [-0.1, -0.05) is 18.2 Å². The average molecular weight is 851 g/mol. The molecule has 2 unspecified atom stereocenters. The molecule has 3 aromatic carbocycles. The predicted octanol–water partition coefficient (Wildman–Crippen LogP) is 5.92. The number of nitrogens with zero attached hydrogens (tertiary/aromatic N) is 8. The number of likely N-dealkylation sites (tertiary alicyclic amines) is 2. The van der Waals surface area contributed by atoms with Gasteiger partial charge >= 0.3 is 0 Å². The highest BCUT2D eigenvalue weighted by molar-refractivity contribution is 6.23. The van der Waals surface area contributed by atoms with Crippen LogP contribution in [-0.4, -0.2) is 116 Å². The molecule has 4 amide bonds. The zero-order valence-electron chi connectivity index (χ0n) is 35.5. The summed E-state index contributed by atoms with van der Waals surface area (Å²) in [5.74, 6) is 1.40. The molecule has 5 aliphatic rings. The van der Waals surface area contributed by atoms with Crippen molar-refractivity contribution in [1.82, 2.24) is 39.8 Å². The molecule has 5 aromatic rings. The number of rotatable bonds is 11. The summed E-state index contributed by atoms with van der Waals surface area (Å²) in [6.07, 6.45) is 9.72. The van der Waals surface area contributed by atoms with Crippen molar-refractivity contribution >= 4 is 46.2 Å². The molecule has 7 heterocycles. The van der Waals surface area contributed by atoms with E-state index in [1.54, 1.807) is 18.5 Å². The van der Waals surface area contributed by atoms with Crippen molar-refractivity contribution in [1.29, 1.82) is 0 Å². The highest BCUT2D eigenvalue weighted by Crippen LogP contribution is 2.36. The van der Waals surface area contributed by atoms with E-state index in [1.165, 1.54) is 19.3 Å². The quantitative estimate of drug-likeness (QED) is 0.151. The van der Waals surface area contributed by atoms with Gasteiger partial charge in [0.1, 0.15) is 35.4 Å². The smallest absolute Gasteiger partial charge is 0.262 e. The minimum absolute atomic E-state index is 0.105. The lowest BCUT2D eigenvalue weighted by Gasteiger charge is -2.39. The van der Waals surface area contributed by atoms with Gasteiger partial charge in [-0.2, -0.15) is 5.10 Å². The fraction of sp³-hybridized carbons (Fsp3) is 0.438. The highest BCUT2D eigenvalue weighted by atomic mass is 16.5. The number of ether oxygens (including phenoxy) is 1. The largest absolute Gasteiger partial charge is 0.457 e. The van der Waals surface area contributed by atoms with Crippen LogP contribution in [0.5, 0.6) is 11.5 Å². The van der Waals surface area contributed by atoms with E-state index in [0.29, 0.717) is 28.8 Å². The first-order valence-electron chi connectivity index (χ1n) is 22.6. The highest BCUT2D eigenvalue weighted by Gasteiger charge is 2.45. The van der Waals surface area contributed by atoms with Gasteiger partial charge in [0.2, 0.25) is 11.8 Å². The number of imide groups is 2. The number of carbonyl (C=O) groups excluding carboxylic acids is 4. The summed E-state index contributed by atoms with van der Waals surface area (Å²) in [6, 6.07) is 22.4. The third-order valence-corrected chi connectivity index (χ3v) is 13.9. The molecular weight excluding hydrogens is 797 g/mol. The molecule has 5 aliphatic heterocycles. The third kappa shape index (κ3) is 8.39. The summed E-state index contributed by atoms with van der Waals surface area (Å²) in [4.78, 5) is 68.4. The van der Waals surface area contributed by atoms with Crippen LogP contribution in [-0.2, 0) is 9.59 Å². The number of carbonyl (C=O) groups is 4. The van der Waals surface area contributed by atoms with Crippen LogP contribution in [0.1, 0.15) is 84.5 Å². The number of aromatic nitrogens is 4. The number of fused-ring (bicyclic) bond motifs is 2. The maximum absolute atomic E-state index is 13.4. The molecule has 0 bridgehead atoms. The Hall–Kier alpha value is -6.19. The van der Waals surface area contributed by atoms with E-state index in [2.05, 4.69) is 29.7 Å². The van der Waals surface area contributed by atoms with Crippen LogP contribution < -0.4 is 20.7 Å². The summed E-state index contributed by atoms with van der Waals surface area (Å²) in [5, 5.41) is 8.23. The normalized spacial score (nSPS) is 21.9. The molecule has 0 radical (unpaired) electrons. The van der Waals surface area contributed by atoms with Gasteiger partial charge in [-0.3, -0.25) is 29.4 Å². The maximum Gasteiger partial charge on any atom is 0.262 e. The first-order valence-corrected chi connectivity index (χ1v) is 22.6. The molecule has 63 heavy (non-hydrogen) atoms. The molecule has 15 nitrogen and oxygen atoms in total. The number of anilines is 2. The standard InChI is InChI=1S/C48H54N10O5/c49-44-42-43(33-8-11-37(12-9-33)63-36-6-2-1-3-7-36)53-58(45(42)51-30-50-44)35-5-4-21-55(29-35)28-32-17-23-54(24-18-32)22-16-31-19-25-56(26-20-31)34-10-13-38-39(27-34)48(62)57(47(38)61)40-14-15-41(59)52-46(40)60/h1-3,6-13,27,30-32,35,40H,4-5,14-26,28-29H2,(H2,49,50,51)(H,52,59,60). The summed E-state index contributed by atoms with van der Waals surface area (Å²) < 4.78 is 8.14.